The van der Waals surface area contributed by atoms with Crippen molar-refractivity contribution in [3.63, 3.8) is 0 Å². The van der Waals surface area contributed by atoms with E-state index in [2.05, 4.69) is 52.3 Å². The van der Waals surface area contributed by atoms with Crippen molar-refractivity contribution in [2.75, 3.05) is 11.9 Å². The molecule has 1 aromatic heterocycles. The molecule has 3 nitrogen and oxygen atoms in total. The van der Waals surface area contributed by atoms with E-state index in [0.29, 0.717) is 0 Å². The maximum Gasteiger partial charge on any atom is 0.0934 e. The molecule has 1 aromatic carbocycles. The van der Waals surface area contributed by atoms with Crippen molar-refractivity contribution in [1.29, 1.82) is 0 Å². The average Bonchev–Trinajstić information content (AvgIpc) is 2.64. The number of anilines is 1. The van der Waals surface area contributed by atoms with Crippen LogP contribution in [0.2, 0.25) is 0 Å². The molecule has 0 radical (unpaired) electrons. The fraction of sp³-hybridized carbons (Fsp3) is 0.182. The lowest BCUT2D eigenvalue weighted by Gasteiger charge is -2.30. The summed E-state index contributed by atoms with van der Waals surface area (Å²) in [6, 6.07) is 6.55. The molecule has 0 amide bonds. The molecule has 1 aliphatic heterocycles. The summed E-state index contributed by atoms with van der Waals surface area (Å²) in [5.41, 5.74) is 8.03. The molecule has 126 valence electrons. The van der Waals surface area contributed by atoms with Crippen molar-refractivity contribution in [3.8, 4) is 11.1 Å². The van der Waals surface area contributed by atoms with E-state index in [1.807, 2.05) is 37.8 Å². The quantitative estimate of drug-likeness (QED) is 0.559. The molecule has 0 spiro atoms. The molecule has 0 saturated heterocycles. The molecule has 0 N–H and O–H groups in total. The van der Waals surface area contributed by atoms with Gasteiger partial charge in [-0.15, -0.1) is 0 Å². The Hall–Kier alpha value is -2.94. The Bertz CT molecular complexity index is 875. The first-order valence-electron chi connectivity index (χ1n) is 8.45. The average molecular weight is 329 g/mol. The monoisotopic (exact) mass is 329 g/mol. The van der Waals surface area contributed by atoms with Crippen molar-refractivity contribution >= 4 is 24.2 Å². The van der Waals surface area contributed by atoms with Gasteiger partial charge in [-0.05, 0) is 48.6 Å². The predicted molar refractivity (Wildman–Crippen MR) is 109 cm³/mol. The highest BCUT2D eigenvalue weighted by Crippen LogP contribution is 2.36. The van der Waals surface area contributed by atoms with Gasteiger partial charge < -0.3 is 4.90 Å². The van der Waals surface area contributed by atoms with Gasteiger partial charge in [0.05, 0.1) is 6.34 Å². The highest BCUT2D eigenvalue weighted by Gasteiger charge is 2.19. The standard InChI is InChI=1S/C22H23N3/c1-5-7-20-17(6-2)13-24-14-21(20)18-10-11-22-19(12-18)9-8-16(3)25(22)15-23-4/h5-7,10-15H,2-3,8-9H2,1,4H3/b7-5-,23-15?. The van der Waals surface area contributed by atoms with Gasteiger partial charge in [0.1, 0.15) is 0 Å². The third-order valence-corrected chi connectivity index (χ3v) is 4.48. The van der Waals surface area contributed by atoms with Crippen LogP contribution in [-0.2, 0) is 6.42 Å². The lowest BCUT2D eigenvalue weighted by molar-refractivity contribution is 0.879. The number of pyridine rings is 1. The molecule has 0 saturated carbocycles. The Morgan fingerprint density at radius 2 is 2.08 bits per heavy atom. The molecule has 2 aromatic rings. The molecule has 0 unspecified atom stereocenters. The van der Waals surface area contributed by atoms with Gasteiger partial charge in [-0.1, -0.05) is 37.5 Å². The van der Waals surface area contributed by atoms with Crippen LogP contribution in [-0.4, -0.2) is 18.4 Å². The number of aliphatic imine (C=N–C) groups is 1. The van der Waals surface area contributed by atoms with Crippen LogP contribution >= 0.6 is 0 Å². The van der Waals surface area contributed by atoms with Crippen LogP contribution in [0.3, 0.4) is 0 Å². The summed E-state index contributed by atoms with van der Waals surface area (Å²) in [6.07, 6.45) is 13.6. The van der Waals surface area contributed by atoms with E-state index >= 15 is 0 Å². The molecule has 0 bridgehead atoms. The fourth-order valence-electron chi connectivity index (χ4n) is 3.25. The minimum Gasteiger partial charge on any atom is -0.306 e. The van der Waals surface area contributed by atoms with E-state index in [4.69, 9.17) is 0 Å². The Balaban J connectivity index is 2.13. The number of fused-ring (bicyclic) bond motifs is 1. The minimum absolute atomic E-state index is 0.940. The Kier molecular flexibility index (Phi) is 4.94. The molecule has 25 heavy (non-hydrogen) atoms. The van der Waals surface area contributed by atoms with Gasteiger partial charge in [0, 0.05) is 42.0 Å². The second kappa shape index (κ2) is 7.31. The van der Waals surface area contributed by atoms with E-state index in [1.165, 1.54) is 11.1 Å². The van der Waals surface area contributed by atoms with E-state index < -0.39 is 0 Å². The smallest absolute Gasteiger partial charge is 0.0934 e. The van der Waals surface area contributed by atoms with Gasteiger partial charge in [0.15, 0.2) is 0 Å². The zero-order chi connectivity index (χ0) is 17.8. The van der Waals surface area contributed by atoms with Crippen molar-refractivity contribution in [2.45, 2.75) is 19.8 Å². The third kappa shape index (κ3) is 3.18. The molecular formula is C22H23N3. The SMILES string of the molecule is C=Cc1cncc(-c2ccc3c(c2)CCC(=C)N3C=NC)c1/C=C\C. The number of nitrogens with zero attached hydrogens (tertiary/aromatic N) is 3. The topological polar surface area (TPSA) is 28.5 Å². The van der Waals surface area contributed by atoms with Crippen molar-refractivity contribution < 1.29 is 0 Å². The molecule has 0 aliphatic carbocycles. The third-order valence-electron chi connectivity index (χ3n) is 4.48. The van der Waals surface area contributed by atoms with E-state index in [9.17, 15) is 0 Å². The van der Waals surface area contributed by atoms with Crippen LogP contribution in [0.4, 0.5) is 5.69 Å². The second-order valence-corrected chi connectivity index (χ2v) is 6.05. The number of hydrogen-bond acceptors (Lipinski definition) is 2. The molecule has 3 rings (SSSR count). The van der Waals surface area contributed by atoms with Crippen LogP contribution in [0.15, 0.2) is 60.5 Å². The van der Waals surface area contributed by atoms with E-state index in [1.54, 1.807) is 7.05 Å². The predicted octanol–water partition coefficient (Wildman–Crippen LogP) is 5.35. The number of benzene rings is 1. The first-order chi connectivity index (χ1) is 12.2. The molecular weight excluding hydrogens is 306 g/mol. The maximum atomic E-state index is 4.39. The summed E-state index contributed by atoms with van der Waals surface area (Å²) in [6.45, 7) is 10.1. The van der Waals surface area contributed by atoms with Gasteiger partial charge in [0.25, 0.3) is 0 Å². The number of allylic oxidation sites excluding steroid dienone is 2. The largest absolute Gasteiger partial charge is 0.306 e. The summed E-state index contributed by atoms with van der Waals surface area (Å²) in [4.78, 5) is 10.6. The van der Waals surface area contributed by atoms with Crippen molar-refractivity contribution in [3.05, 3.63) is 72.2 Å². The summed E-state index contributed by atoms with van der Waals surface area (Å²) in [7, 11) is 1.78. The summed E-state index contributed by atoms with van der Waals surface area (Å²) in [5, 5.41) is 0. The lowest BCUT2D eigenvalue weighted by atomic mass is 9.92. The highest BCUT2D eigenvalue weighted by molar-refractivity contribution is 5.88. The van der Waals surface area contributed by atoms with Gasteiger partial charge in [-0.25, -0.2) is 0 Å². The maximum absolute atomic E-state index is 4.39. The molecule has 0 fully saturated rings. The Morgan fingerprint density at radius 3 is 2.80 bits per heavy atom. The molecule has 0 atom stereocenters. The summed E-state index contributed by atoms with van der Waals surface area (Å²) < 4.78 is 0. The zero-order valence-corrected chi connectivity index (χ0v) is 14.9. The first kappa shape index (κ1) is 16.9. The summed E-state index contributed by atoms with van der Waals surface area (Å²) in [5.74, 6) is 0. The minimum atomic E-state index is 0.940. The lowest BCUT2D eigenvalue weighted by Crippen LogP contribution is -2.25. The number of hydrogen-bond donors (Lipinski definition) is 0. The number of rotatable bonds is 4. The van der Waals surface area contributed by atoms with Crippen LogP contribution in [0.5, 0.6) is 0 Å². The Labute approximate surface area is 149 Å². The van der Waals surface area contributed by atoms with Gasteiger partial charge in [-0.3, -0.25) is 9.98 Å². The molecule has 1 aliphatic rings. The van der Waals surface area contributed by atoms with Gasteiger partial charge in [0.2, 0.25) is 0 Å². The van der Waals surface area contributed by atoms with Crippen LogP contribution in [0, 0.1) is 0 Å². The van der Waals surface area contributed by atoms with Crippen molar-refractivity contribution in [2.24, 2.45) is 4.99 Å². The van der Waals surface area contributed by atoms with Crippen LogP contribution < -0.4 is 4.90 Å². The first-order valence-corrected chi connectivity index (χ1v) is 8.45. The second-order valence-electron chi connectivity index (χ2n) is 6.05. The van der Waals surface area contributed by atoms with Gasteiger partial charge >= 0.3 is 0 Å². The highest BCUT2D eigenvalue weighted by atomic mass is 15.2. The fourth-order valence-corrected chi connectivity index (χ4v) is 3.25. The summed E-state index contributed by atoms with van der Waals surface area (Å²) >= 11 is 0. The zero-order valence-electron chi connectivity index (χ0n) is 14.9. The van der Waals surface area contributed by atoms with E-state index in [-0.39, 0.29) is 0 Å². The van der Waals surface area contributed by atoms with E-state index in [0.717, 1.165) is 40.9 Å². The van der Waals surface area contributed by atoms with Gasteiger partial charge in [-0.2, -0.15) is 0 Å². The number of aryl methyl sites for hydroxylation is 1. The van der Waals surface area contributed by atoms with Crippen molar-refractivity contribution in [1.82, 2.24) is 4.98 Å². The Morgan fingerprint density at radius 1 is 1.24 bits per heavy atom. The molecule has 2 heterocycles. The van der Waals surface area contributed by atoms with Crippen LogP contribution in [0.25, 0.3) is 23.3 Å². The number of aromatic nitrogens is 1. The van der Waals surface area contributed by atoms with Crippen LogP contribution in [0.1, 0.15) is 30.0 Å². The molecule has 3 heteroatoms. The normalized spacial score (nSPS) is 14.3.